The lowest BCUT2D eigenvalue weighted by molar-refractivity contribution is 1.10. The molecule has 3 aromatic heterocycles. The predicted molar refractivity (Wildman–Crippen MR) is 200 cm³/mol. The van der Waals surface area contributed by atoms with Crippen LogP contribution in [0.4, 0.5) is 0 Å². The number of aromatic nitrogens is 3. The smallest absolute Gasteiger partial charge is 0.118 e. The van der Waals surface area contributed by atoms with Gasteiger partial charge >= 0.3 is 0 Å². The molecule has 0 aliphatic rings. The van der Waals surface area contributed by atoms with Crippen molar-refractivity contribution < 1.29 is 0 Å². The second-order valence-electron chi connectivity index (χ2n) is 12.2. The number of pyridine rings is 1. The van der Waals surface area contributed by atoms with E-state index >= 15 is 0 Å². The van der Waals surface area contributed by atoms with Crippen LogP contribution in [0.15, 0.2) is 164 Å². The summed E-state index contributed by atoms with van der Waals surface area (Å²) >= 11 is 6.46. The number of nitrogens with zero attached hydrogens (tertiary/aromatic N) is 3. The topological polar surface area (TPSA) is 14.8 Å². The van der Waals surface area contributed by atoms with Gasteiger partial charge in [-0.3, -0.25) is 0 Å². The van der Waals surface area contributed by atoms with E-state index < -0.39 is 0 Å². The average Bonchev–Trinajstić information content (AvgIpc) is 3.63. The highest BCUT2D eigenvalue weighted by Gasteiger charge is 2.20. The molecule has 0 aliphatic carbocycles. The second-order valence-corrected chi connectivity index (χ2v) is 12.5. The molecule has 0 spiro atoms. The molecule has 0 N–H and O–H groups in total. The molecule has 3 heterocycles. The fraction of sp³-hybridized carbons (Fsp3) is 0. The first-order valence-electron chi connectivity index (χ1n) is 15.9. The zero-order valence-corrected chi connectivity index (χ0v) is 26.2. The van der Waals surface area contributed by atoms with Gasteiger partial charge in [-0.05, 0) is 78.2 Å². The lowest BCUT2D eigenvalue weighted by Gasteiger charge is -2.17. The van der Waals surface area contributed by atoms with Crippen LogP contribution in [0.25, 0.3) is 82.3 Å². The Hall–Kier alpha value is -5.97. The van der Waals surface area contributed by atoms with Crippen molar-refractivity contribution in [3.63, 3.8) is 0 Å². The summed E-state index contributed by atoms with van der Waals surface area (Å²) in [6, 6.07) is 58.7. The molecule has 0 fully saturated rings. The fourth-order valence-electron chi connectivity index (χ4n) is 7.59. The lowest BCUT2D eigenvalue weighted by Crippen LogP contribution is -2.01. The van der Waals surface area contributed by atoms with Gasteiger partial charge in [0.15, 0.2) is 0 Å². The van der Waals surface area contributed by atoms with E-state index in [2.05, 4.69) is 177 Å². The van der Waals surface area contributed by atoms with Crippen LogP contribution in [0, 0.1) is 4.64 Å². The third kappa shape index (κ3) is 3.76. The van der Waals surface area contributed by atoms with Gasteiger partial charge in [0.1, 0.15) is 4.64 Å². The third-order valence-corrected chi connectivity index (χ3v) is 10.0. The lowest BCUT2D eigenvalue weighted by atomic mass is 10.0. The van der Waals surface area contributed by atoms with Crippen molar-refractivity contribution in [1.82, 2.24) is 13.7 Å². The molecule has 4 heteroatoms. The molecule has 0 unspecified atom stereocenters. The van der Waals surface area contributed by atoms with Gasteiger partial charge in [0, 0.05) is 49.4 Å². The molecule has 47 heavy (non-hydrogen) atoms. The Bertz CT molecular complexity index is 2900. The van der Waals surface area contributed by atoms with Crippen molar-refractivity contribution in [2.75, 3.05) is 0 Å². The molecule has 0 saturated heterocycles. The summed E-state index contributed by atoms with van der Waals surface area (Å²) < 4.78 is 7.83. The van der Waals surface area contributed by atoms with Crippen LogP contribution in [0.2, 0.25) is 0 Å². The molecule has 7 aromatic carbocycles. The van der Waals surface area contributed by atoms with Crippen LogP contribution >= 0.6 is 12.2 Å². The van der Waals surface area contributed by atoms with Gasteiger partial charge in [-0.25, -0.2) is 0 Å². The van der Waals surface area contributed by atoms with E-state index in [1.807, 2.05) is 0 Å². The van der Waals surface area contributed by atoms with Gasteiger partial charge in [-0.2, -0.15) is 0 Å². The highest BCUT2D eigenvalue weighted by molar-refractivity contribution is 7.71. The van der Waals surface area contributed by atoms with Gasteiger partial charge in [0.2, 0.25) is 0 Å². The number of benzene rings is 7. The highest BCUT2D eigenvalue weighted by atomic mass is 32.1. The Balaban J connectivity index is 1.44. The average molecular weight is 618 g/mol. The summed E-state index contributed by atoms with van der Waals surface area (Å²) in [7, 11) is 0. The van der Waals surface area contributed by atoms with Gasteiger partial charge in [0.25, 0.3) is 0 Å². The number of hydrogen-bond acceptors (Lipinski definition) is 1. The first-order chi connectivity index (χ1) is 23.3. The van der Waals surface area contributed by atoms with Crippen LogP contribution in [-0.2, 0) is 0 Å². The van der Waals surface area contributed by atoms with E-state index in [-0.39, 0.29) is 0 Å². The van der Waals surface area contributed by atoms with Crippen LogP contribution in [0.5, 0.6) is 0 Å². The second kappa shape index (κ2) is 10.0. The van der Waals surface area contributed by atoms with E-state index in [9.17, 15) is 0 Å². The molecule has 10 rings (SSSR count). The molecule has 0 saturated carbocycles. The third-order valence-electron chi connectivity index (χ3n) is 9.61. The Morgan fingerprint density at radius 3 is 1.15 bits per heavy atom. The van der Waals surface area contributed by atoms with Crippen molar-refractivity contribution in [1.29, 1.82) is 0 Å². The van der Waals surface area contributed by atoms with Crippen LogP contribution < -0.4 is 0 Å². The van der Waals surface area contributed by atoms with E-state index in [4.69, 9.17) is 12.2 Å². The number of para-hydroxylation sites is 5. The molecule has 0 radical (unpaired) electrons. The minimum Gasteiger partial charge on any atom is -0.309 e. The van der Waals surface area contributed by atoms with Crippen LogP contribution in [0.3, 0.4) is 0 Å². The van der Waals surface area contributed by atoms with Gasteiger partial charge in [-0.1, -0.05) is 103 Å². The largest absolute Gasteiger partial charge is 0.309 e. The van der Waals surface area contributed by atoms with E-state index in [0.29, 0.717) is 0 Å². The van der Waals surface area contributed by atoms with E-state index in [1.54, 1.807) is 0 Å². The Labute approximate surface area is 275 Å². The number of fused-ring (bicyclic) bond motifs is 9. The minimum atomic E-state index is 0.802. The van der Waals surface area contributed by atoms with Crippen molar-refractivity contribution in [3.05, 3.63) is 168 Å². The van der Waals surface area contributed by atoms with E-state index in [0.717, 1.165) is 43.5 Å². The first-order valence-corrected chi connectivity index (χ1v) is 16.3. The molecule has 0 aliphatic heterocycles. The summed E-state index contributed by atoms with van der Waals surface area (Å²) in [4.78, 5) is 0. The maximum atomic E-state index is 6.46. The standard InChI is InChI=1S/C43H27N3S/c47-43-37-27-41-34(31-20-10-12-22-38(31)45(41)29-16-6-2-7-17-29)24-33(37)36-26-40-35(25-42(36)46(43)30-18-8-3-9-19-30)32-21-11-13-23-39(32)44(40)28-14-4-1-5-15-28/h1-27H. The minimum absolute atomic E-state index is 0.802. The zero-order chi connectivity index (χ0) is 31.1. The molecular formula is C43H27N3S. The summed E-state index contributed by atoms with van der Waals surface area (Å²) in [5.41, 5.74) is 9.13. The van der Waals surface area contributed by atoms with Crippen molar-refractivity contribution in [2.45, 2.75) is 0 Å². The van der Waals surface area contributed by atoms with Crippen LogP contribution in [0.1, 0.15) is 0 Å². The van der Waals surface area contributed by atoms with Crippen LogP contribution in [-0.4, -0.2) is 13.7 Å². The summed E-state index contributed by atoms with van der Waals surface area (Å²) in [5.74, 6) is 0. The maximum Gasteiger partial charge on any atom is 0.118 e. The van der Waals surface area contributed by atoms with E-state index in [1.165, 1.54) is 43.5 Å². The molecule has 0 bridgehead atoms. The summed E-state index contributed by atoms with van der Waals surface area (Å²) in [6.07, 6.45) is 0. The summed E-state index contributed by atoms with van der Waals surface area (Å²) in [5, 5.41) is 8.26. The molecule has 220 valence electrons. The Kier molecular flexibility index (Phi) is 5.60. The Morgan fingerprint density at radius 1 is 0.277 bits per heavy atom. The normalized spacial score (nSPS) is 11.9. The maximum absolute atomic E-state index is 6.46. The quantitative estimate of drug-likeness (QED) is 0.142. The SMILES string of the molecule is S=c1c2cc3c(cc2c2cc4c(cc2n1-c1ccccc1)c1ccccc1n4-c1ccccc1)c1ccccc1n3-c1ccccc1. The monoisotopic (exact) mass is 617 g/mol. The predicted octanol–water partition coefficient (Wildman–Crippen LogP) is 11.7. The number of rotatable bonds is 3. The fourth-order valence-corrected chi connectivity index (χ4v) is 7.97. The molecule has 0 atom stereocenters. The number of hydrogen-bond donors (Lipinski definition) is 0. The Morgan fingerprint density at radius 2 is 0.638 bits per heavy atom. The van der Waals surface area contributed by atoms with Gasteiger partial charge in [0.05, 0.1) is 27.6 Å². The van der Waals surface area contributed by atoms with Crippen molar-refractivity contribution in [2.24, 2.45) is 0 Å². The molecule has 10 aromatic rings. The van der Waals surface area contributed by atoms with Crippen molar-refractivity contribution in [3.8, 4) is 17.1 Å². The van der Waals surface area contributed by atoms with Gasteiger partial charge < -0.3 is 13.7 Å². The highest BCUT2D eigenvalue weighted by Crippen LogP contribution is 2.41. The molecular weight excluding hydrogens is 591 g/mol. The zero-order valence-electron chi connectivity index (χ0n) is 25.3. The molecule has 0 amide bonds. The summed E-state index contributed by atoms with van der Waals surface area (Å²) in [6.45, 7) is 0. The first kappa shape index (κ1) is 26.3. The molecule has 3 nitrogen and oxygen atoms in total. The van der Waals surface area contributed by atoms with Gasteiger partial charge in [-0.15, -0.1) is 0 Å². The van der Waals surface area contributed by atoms with Crippen molar-refractivity contribution >= 4 is 77.5 Å².